The van der Waals surface area contributed by atoms with Gasteiger partial charge in [-0.15, -0.1) is 11.8 Å². The summed E-state index contributed by atoms with van der Waals surface area (Å²) in [5, 5.41) is 18.6. The van der Waals surface area contributed by atoms with Gasteiger partial charge >= 0.3 is 0 Å². The van der Waals surface area contributed by atoms with Crippen LogP contribution in [-0.2, 0) is 0 Å². The van der Waals surface area contributed by atoms with Crippen LogP contribution < -0.4 is 0 Å². The van der Waals surface area contributed by atoms with Crippen LogP contribution in [-0.4, -0.2) is 31.6 Å². The SMILES string of the molecule is N=C1C=Cc2c(-c3ccccc3)nc3cc(-c4ccc(-c5cc(-c6ccc(-c7cccc8c7SC7C=CC=CC87)cc6)nc(-c6ccccc6)n5)cc4)ccc3c2C1=N. The van der Waals surface area contributed by atoms with Crippen molar-refractivity contribution in [3.63, 3.8) is 0 Å². The number of pyridine rings is 1. The van der Waals surface area contributed by atoms with Gasteiger partial charge < -0.3 is 0 Å². The highest BCUT2D eigenvalue weighted by atomic mass is 32.2. The van der Waals surface area contributed by atoms with Crippen molar-refractivity contribution in [1.82, 2.24) is 15.0 Å². The standard InChI is InChI=1S/C53H35N5S/c54-44-29-28-43-49(50(44)55)42-27-26-38(30-47(42)56-51(43)36-10-3-1-4-11-36)32-18-22-34(23-19-32)45-31-46(58-53(57-45)37-12-5-2-6-13-37)35-24-20-33(21-25-35)39-15-9-16-41-40-14-7-8-17-48(40)59-52(39)41/h1-31,40,48,54-55H. The van der Waals surface area contributed by atoms with E-state index in [2.05, 4.69) is 121 Å². The first kappa shape index (κ1) is 34.9. The van der Waals surface area contributed by atoms with Crippen molar-refractivity contribution >= 4 is 40.2 Å². The second kappa shape index (κ2) is 14.3. The normalized spacial score (nSPS) is 16.3. The summed E-state index contributed by atoms with van der Waals surface area (Å²) in [6.45, 7) is 0. The number of fused-ring (bicyclic) bond motifs is 6. The van der Waals surface area contributed by atoms with Gasteiger partial charge in [0.15, 0.2) is 5.82 Å². The maximum atomic E-state index is 8.86. The molecule has 0 bridgehead atoms. The van der Waals surface area contributed by atoms with E-state index in [0.29, 0.717) is 17.0 Å². The Morgan fingerprint density at radius 2 is 1.15 bits per heavy atom. The van der Waals surface area contributed by atoms with E-state index in [1.165, 1.54) is 21.6 Å². The first-order valence-electron chi connectivity index (χ1n) is 19.8. The summed E-state index contributed by atoms with van der Waals surface area (Å²) in [5.41, 5.74) is 15.3. The van der Waals surface area contributed by atoms with Gasteiger partial charge in [0.05, 0.1) is 34.0 Å². The number of hydrogen-bond acceptors (Lipinski definition) is 6. The Balaban J connectivity index is 0.947. The Morgan fingerprint density at radius 1 is 0.508 bits per heavy atom. The third kappa shape index (κ3) is 6.17. The highest BCUT2D eigenvalue weighted by molar-refractivity contribution is 8.00. The minimum absolute atomic E-state index is 0.200. The van der Waals surface area contributed by atoms with Gasteiger partial charge in [0, 0.05) is 54.8 Å². The Bertz CT molecular complexity index is 3090. The average molecular weight is 774 g/mol. The van der Waals surface area contributed by atoms with Gasteiger partial charge in [-0.05, 0) is 52.1 Å². The fourth-order valence-electron chi connectivity index (χ4n) is 8.50. The van der Waals surface area contributed by atoms with Crippen molar-refractivity contribution < 1.29 is 0 Å². The quantitative estimate of drug-likeness (QED) is 0.176. The number of aromatic nitrogens is 3. The second-order valence-corrected chi connectivity index (χ2v) is 16.2. The molecule has 0 saturated heterocycles. The fraction of sp³-hybridized carbons (Fsp3) is 0.0377. The van der Waals surface area contributed by atoms with Gasteiger partial charge in [0.1, 0.15) is 0 Å². The zero-order valence-electron chi connectivity index (χ0n) is 31.8. The van der Waals surface area contributed by atoms with E-state index in [0.717, 1.165) is 72.5 Å². The Labute approximate surface area is 346 Å². The largest absolute Gasteiger partial charge is 0.299 e. The van der Waals surface area contributed by atoms with Crippen LogP contribution in [0.1, 0.15) is 22.6 Å². The zero-order chi connectivity index (χ0) is 39.5. The molecule has 5 nitrogen and oxygen atoms in total. The van der Waals surface area contributed by atoms with Gasteiger partial charge in [-0.1, -0.05) is 164 Å². The van der Waals surface area contributed by atoms with E-state index >= 15 is 0 Å². The van der Waals surface area contributed by atoms with Crippen molar-refractivity contribution in [2.24, 2.45) is 0 Å². The van der Waals surface area contributed by atoms with Gasteiger partial charge in [0.25, 0.3) is 0 Å². The zero-order valence-corrected chi connectivity index (χ0v) is 32.6. The second-order valence-electron chi connectivity index (χ2n) is 15.1. The summed E-state index contributed by atoms with van der Waals surface area (Å²) in [6, 6.07) is 52.6. The molecule has 0 fully saturated rings. The summed E-state index contributed by atoms with van der Waals surface area (Å²) >= 11 is 1.97. The molecule has 2 N–H and O–H groups in total. The van der Waals surface area contributed by atoms with Crippen molar-refractivity contribution in [3.8, 4) is 67.4 Å². The number of nitrogens with zero attached hydrogens (tertiary/aromatic N) is 3. The molecular weight excluding hydrogens is 739 g/mol. The number of hydrogen-bond donors (Lipinski definition) is 2. The molecule has 6 aromatic carbocycles. The lowest BCUT2D eigenvalue weighted by molar-refractivity contribution is 0.881. The Kier molecular flexibility index (Phi) is 8.45. The van der Waals surface area contributed by atoms with Crippen LogP contribution in [0, 0.1) is 10.8 Å². The molecular formula is C53H35N5S. The fourth-order valence-corrected chi connectivity index (χ4v) is 9.98. The molecule has 3 aliphatic rings. The molecule has 3 heterocycles. The average Bonchev–Trinajstić information content (AvgIpc) is 3.69. The van der Waals surface area contributed by atoms with Gasteiger partial charge in [0.2, 0.25) is 0 Å². The maximum Gasteiger partial charge on any atom is 0.160 e. The minimum Gasteiger partial charge on any atom is -0.299 e. The molecule has 0 spiro atoms. The number of thioether (sulfide) groups is 1. The minimum atomic E-state index is 0.200. The molecule has 0 saturated carbocycles. The van der Waals surface area contributed by atoms with Crippen molar-refractivity contribution in [2.45, 2.75) is 16.1 Å². The lowest BCUT2D eigenvalue weighted by Crippen LogP contribution is -2.17. The molecule has 11 rings (SSSR count). The molecule has 6 heteroatoms. The lowest BCUT2D eigenvalue weighted by Gasteiger charge is -2.19. The van der Waals surface area contributed by atoms with E-state index in [4.69, 9.17) is 25.8 Å². The van der Waals surface area contributed by atoms with Crippen molar-refractivity contribution in [3.05, 3.63) is 199 Å². The monoisotopic (exact) mass is 773 g/mol. The van der Waals surface area contributed by atoms with Gasteiger partial charge in [-0.2, -0.15) is 0 Å². The van der Waals surface area contributed by atoms with Crippen LogP contribution in [0.2, 0.25) is 0 Å². The first-order valence-corrected chi connectivity index (χ1v) is 20.6. The van der Waals surface area contributed by atoms with Crippen LogP contribution in [0.4, 0.5) is 0 Å². The Morgan fingerprint density at radius 3 is 1.88 bits per heavy atom. The molecule has 2 aliphatic carbocycles. The van der Waals surface area contributed by atoms with E-state index in [9.17, 15) is 0 Å². The number of allylic oxidation sites excluding steroid dienone is 4. The summed E-state index contributed by atoms with van der Waals surface area (Å²) < 4.78 is 0. The summed E-state index contributed by atoms with van der Waals surface area (Å²) in [5.74, 6) is 1.11. The van der Waals surface area contributed by atoms with E-state index < -0.39 is 0 Å². The van der Waals surface area contributed by atoms with E-state index in [1.807, 2.05) is 72.4 Å². The smallest absolute Gasteiger partial charge is 0.160 e. The molecule has 59 heavy (non-hydrogen) atoms. The predicted octanol–water partition coefficient (Wildman–Crippen LogP) is 13.1. The summed E-state index contributed by atoms with van der Waals surface area (Å²) in [7, 11) is 0. The van der Waals surface area contributed by atoms with Crippen molar-refractivity contribution in [2.75, 3.05) is 0 Å². The molecule has 1 aliphatic heterocycles. The van der Waals surface area contributed by atoms with Crippen LogP contribution in [0.25, 0.3) is 84.4 Å². The molecule has 2 aromatic heterocycles. The van der Waals surface area contributed by atoms with Crippen LogP contribution in [0.3, 0.4) is 0 Å². The predicted molar refractivity (Wildman–Crippen MR) is 244 cm³/mol. The molecule has 278 valence electrons. The first-order chi connectivity index (χ1) is 29.1. The number of benzene rings is 6. The van der Waals surface area contributed by atoms with Gasteiger partial charge in [-0.25, -0.2) is 15.0 Å². The van der Waals surface area contributed by atoms with Crippen LogP contribution in [0.15, 0.2) is 187 Å². The third-order valence-corrected chi connectivity index (χ3v) is 12.9. The third-order valence-electron chi connectivity index (χ3n) is 11.5. The van der Waals surface area contributed by atoms with E-state index in [-0.39, 0.29) is 11.4 Å². The summed E-state index contributed by atoms with van der Waals surface area (Å²) in [6.07, 6.45) is 12.6. The van der Waals surface area contributed by atoms with Crippen LogP contribution >= 0.6 is 11.8 Å². The maximum absolute atomic E-state index is 8.86. The highest BCUT2D eigenvalue weighted by Gasteiger charge is 2.32. The molecule has 0 amide bonds. The topological polar surface area (TPSA) is 86.4 Å². The highest BCUT2D eigenvalue weighted by Crippen LogP contribution is 2.51. The number of rotatable bonds is 6. The molecule has 8 aromatic rings. The van der Waals surface area contributed by atoms with E-state index in [1.54, 1.807) is 6.08 Å². The van der Waals surface area contributed by atoms with Gasteiger partial charge in [-0.3, -0.25) is 10.8 Å². The lowest BCUT2D eigenvalue weighted by atomic mass is 9.87. The van der Waals surface area contributed by atoms with Crippen molar-refractivity contribution in [1.29, 1.82) is 10.8 Å². The Hall–Kier alpha value is -7.28. The molecule has 0 radical (unpaired) electrons. The number of nitrogens with one attached hydrogen (secondary N) is 2. The van der Waals surface area contributed by atoms with Crippen LogP contribution in [0.5, 0.6) is 0 Å². The molecule has 2 unspecified atom stereocenters. The summed E-state index contributed by atoms with van der Waals surface area (Å²) in [4.78, 5) is 16.7. The molecule has 2 atom stereocenters.